The Balaban J connectivity index is 1.44. The second-order valence-electron chi connectivity index (χ2n) is 6.88. The minimum absolute atomic E-state index is 0.0335. The van der Waals surface area contributed by atoms with Gasteiger partial charge >= 0.3 is 6.03 Å². The van der Waals surface area contributed by atoms with Crippen molar-refractivity contribution in [2.45, 2.75) is 6.04 Å². The number of nitrogens with one attached hydrogen (secondary N) is 3. The second-order valence-corrected chi connectivity index (χ2v) is 6.88. The number of carbonyl (C=O) groups is 2. The number of benzene rings is 2. The molecule has 0 saturated heterocycles. The van der Waals surface area contributed by atoms with Gasteiger partial charge in [0.15, 0.2) is 11.5 Å². The van der Waals surface area contributed by atoms with Crippen LogP contribution in [-0.2, 0) is 4.79 Å². The lowest BCUT2D eigenvalue weighted by atomic mass is 10.1. The van der Waals surface area contributed by atoms with Crippen molar-refractivity contribution in [3.05, 3.63) is 54.1 Å². The molecule has 154 valence electrons. The van der Waals surface area contributed by atoms with Gasteiger partial charge in [-0.05, 0) is 31.8 Å². The highest BCUT2D eigenvalue weighted by Crippen LogP contribution is 2.32. The number of carbonyl (C=O) groups excluding carboxylic acids is 2. The number of nitrogens with zero attached hydrogens (tertiary/aromatic N) is 1. The van der Waals surface area contributed by atoms with Gasteiger partial charge in [-0.2, -0.15) is 0 Å². The number of amides is 3. The summed E-state index contributed by atoms with van der Waals surface area (Å²) in [5.41, 5.74) is 1.67. The minimum atomic E-state index is -0.597. The third-order valence-corrected chi connectivity index (χ3v) is 4.48. The second kappa shape index (κ2) is 9.90. The summed E-state index contributed by atoms with van der Waals surface area (Å²) in [7, 11) is 3.97. The van der Waals surface area contributed by atoms with E-state index in [1.165, 1.54) is 0 Å². The van der Waals surface area contributed by atoms with E-state index in [2.05, 4.69) is 20.9 Å². The Morgan fingerprint density at radius 2 is 1.76 bits per heavy atom. The van der Waals surface area contributed by atoms with E-state index in [9.17, 15) is 9.59 Å². The fourth-order valence-corrected chi connectivity index (χ4v) is 3.05. The molecule has 1 heterocycles. The molecule has 8 heteroatoms. The highest BCUT2D eigenvalue weighted by atomic mass is 16.6. The molecular weight excluding hydrogens is 372 g/mol. The van der Waals surface area contributed by atoms with Crippen LogP contribution < -0.4 is 25.4 Å². The molecular formula is C21H26N4O4. The van der Waals surface area contributed by atoms with E-state index >= 15 is 0 Å². The lowest BCUT2D eigenvalue weighted by Crippen LogP contribution is -2.42. The first kappa shape index (κ1) is 20.6. The predicted octanol–water partition coefficient (Wildman–Crippen LogP) is 2.00. The van der Waals surface area contributed by atoms with Crippen molar-refractivity contribution in [3.8, 4) is 11.5 Å². The normalized spacial score (nSPS) is 13.6. The number of hydrogen-bond acceptors (Lipinski definition) is 6. The number of hydrogen-bond donors (Lipinski definition) is 3. The molecule has 1 unspecified atom stereocenters. The van der Waals surface area contributed by atoms with Crippen molar-refractivity contribution in [1.29, 1.82) is 0 Å². The summed E-state index contributed by atoms with van der Waals surface area (Å²) in [6, 6.07) is 14.6. The Hall–Kier alpha value is -3.10. The molecule has 0 bridgehead atoms. The Labute approximate surface area is 170 Å². The first-order valence-corrected chi connectivity index (χ1v) is 9.45. The zero-order valence-corrected chi connectivity index (χ0v) is 16.6. The summed E-state index contributed by atoms with van der Waals surface area (Å²) in [4.78, 5) is 26.2. The molecule has 0 aliphatic carbocycles. The molecule has 0 saturated carbocycles. The molecule has 1 aliphatic heterocycles. The van der Waals surface area contributed by atoms with Gasteiger partial charge in [-0.1, -0.05) is 30.3 Å². The number of likely N-dealkylation sites (N-methyl/N-ethyl adjacent to an activating group) is 1. The number of imide groups is 1. The van der Waals surface area contributed by atoms with Crippen LogP contribution in [0.3, 0.4) is 0 Å². The molecule has 0 aromatic heterocycles. The summed E-state index contributed by atoms with van der Waals surface area (Å²) in [5, 5.41) is 8.04. The van der Waals surface area contributed by atoms with Gasteiger partial charge in [-0.15, -0.1) is 0 Å². The largest absolute Gasteiger partial charge is 0.486 e. The van der Waals surface area contributed by atoms with E-state index in [1.807, 2.05) is 44.4 Å². The van der Waals surface area contributed by atoms with Gasteiger partial charge in [0.2, 0.25) is 5.91 Å². The molecule has 0 fully saturated rings. The number of anilines is 1. The molecule has 3 amide bonds. The van der Waals surface area contributed by atoms with Crippen molar-refractivity contribution in [3.63, 3.8) is 0 Å². The summed E-state index contributed by atoms with van der Waals surface area (Å²) in [6.07, 6.45) is 0. The van der Waals surface area contributed by atoms with Crippen LogP contribution in [0.2, 0.25) is 0 Å². The molecule has 8 nitrogen and oxygen atoms in total. The van der Waals surface area contributed by atoms with Crippen LogP contribution in [-0.4, -0.2) is 57.2 Å². The Kier molecular flexibility index (Phi) is 7.04. The molecule has 1 atom stereocenters. The van der Waals surface area contributed by atoms with E-state index < -0.39 is 11.9 Å². The molecule has 0 radical (unpaired) electrons. The lowest BCUT2D eigenvalue weighted by molar-refractivity contribution is -0.119. The van der Waals surface area contributed by atoms with Crippen LogP contribution in [0.5, 0.6) is 11.5 Å². The zero-order chi connectivity index (χ0) is 20.6. The van der Waals surface area contributed by atoms with Gasteiger partial charge in [-0.3, -0.25) is 10.1 Å². The summed E-state index contributed by atoms with van der Waals surface area (Å²) < 4.78 is 10.9. The average molecular weight is 398 g/mol. The van der Waals surface area contributed by atoms with E-state index in [0.29, 0.717) is 36.9 Å². The quantitative estimate of drug-likeness (QED) is 0.661. The van der Waals surface area contributed by atoms with Gasteiger partial charge in [0, 0.05) is 24.3 Å². The highest BCUT2D eigenvalue weighted by molar-refractivity contribution is 6.01. The minimum Gasteiger partial charge on any atom is -0.486 e. The van der Waals surface area contributed by atoms with E-state index in [-0.39, 0.29) is 12.6 Å². The van der Waals surface area contributed by atoms with Crippen molar-refractivity contribution in [2.75, 3.05) is 45.7 Å². The molecule has 3 rings (SSSR count). The maximum Gasteiger partial charge on any atom is 0.325 e. The molecule has 2 aromatic carbocycles. The average Bonchev–Trinajstić information content (AvgIpc) is 2.71. The SMILES string of the molecule is CN(C)C(CNCC(=O)NC(=O)Nc1ccc2c(c1)OCCO2)c1ccccc1. The smallest absolute Gasteiger partial charge is 0.325 e. The van der Waals surface area contributed by atoms with Crippen molar-refractivity contribution in [1.82, 2.24) is 15.5 Å². The highest BCUT2D eigenvalue weighted by Gasteiger charge is 2.16. The topological polar surface area (TPSA) is 91.9 Å². The summed E-state index contributed by atoms with van der Waals surface area (Å²) >= 11 is 0. The number of urea groups is 1. The van der Waals surface area contributed by atoms with Crippen LogP contribution in [0, 0.1) is 0 Å². The lowest BCUT2D eigenvalue weighted by Gasteiger charge is -2.25. The molecule has 1 aliphatic rings. The predicted molar refractivity (Wildman–Crippen MR) is 110 cm³/mol. The van der Waals surface area contributed by atoms with Gasteiger partial charge in [0.1, 0.15) is 13.2 Å². The Morgan fingerprint density at radius 3 is 2.48 bits per heavy atom. The van der Waals surface area contributed by atoms with Gasteiger partial charge in [-0.25, -0.2) is 4.79 Å². The first-order valence-electron chi connectivity index (χ1n) is 9.45. The first-order chi connectivity index (χ1) is 14.0. The fourth-order valence-electron chi connectivity index (χ4n) is 3.05. The third kappa shape index (κ3) is 5.94. The fraction of sp³-hybridized carbons (Fsp3) is 0.333. The van der Waals surface area contributed by atoms with Crippen molar-refractivity contribution < 1.29 is 19.1 Å². The zero-order valence-electron chi connectivity index (χ0n) is 16.6. The van der Waals surface area contributed by atoms with Gasteiger partial charge in [0.25, 0.3) is 0 Å². The maximum absolute atomic E-state index is 12.1. The standard InChI is InChI=1S/C21H26N4O4/c1-25(2)17(15-6-4-3-5-7-15)13-22-14-20(26)24-21(27)23-16-8-9-18-19(12-16)29-11-10-28-18/h3-9,12,17,22H,10-11,13-14H2,1-2H3,(H2,23,24,26,27). The molecule has 0 spiro atoms. The Morgan fingerprint density at radius 1 is 1.03 bits per heavy atom. The molecule has 2 aromatic rings. The summed E-state index contributed by atoms with van der Waals surface area (Å²) in [6.45, 7) is 1.57. The summed E-state index contributed by atoms with van der Waals surface area (Å²) in [5.74, 6) is 0.791. The van der Waals surface area contributed by atoms with Gasteiger partial charge < -0.3 is 25.0 Å². The van der Waals surface area contributed by atoms with Crippen molar-refractivity contribution in [2.24, 2.45) is 0 Å². The van der Waals surface area contributed by atoms with Crippen LogP contribution in [0.4, 0.5) is 10.5 Å². The van der Waals surface area contributed by atoms with Crippen molar-refractivity contribution >= 4 is 17.6 Å². The van der Waals surface area contributed by atoms with Crippen LogP contribution >= 0.6 is 0 Å². The van der Waals surface area contributed by atoms with E-state index in [4.69, 9.17) is 9.47 Å². The van der Waals surface area contributed by atoms with E-state index in [1.54, 1.807) is 18.2 Å². The van der Waals surface area contributed by atoms with Crippen LogP contribution in [0.15, 0.2) is 48.5 Å². The molecule has 3 N–H and O–H groups in total. The molecule has 29 heavy (non-hydrogen) atoms. The monoisotopic (exact) mass is 398 g/mol. The Bertz CT molecular complexity index is 842. The number of rotatable bonds is 7. The number of fused-ring (bicyclic) bond motifs is 1. The van der Waals surface area contributed by atoms with Crippen LogP contribution in [0.1, 0.15) is 11.6 Å². The van der Waals surface area contributed by atoms with Crippen LogP contribution in [0.25, 0.3) is 0 Å². The number of ether oxygens (including phenoxy) is 2. The third-order valence-electron chi connectivity index (χ3n) is 4.48. The maximum atomic E-state index is 12.1. The van der Waals surface area contributed by atoms with Gasteiger partial charge in [0.05, 0.1) is 6.54 Å². The van der Waals surface area contributed by atoms with E-state index in [0.717, 1.165) is 5.56 Å².